The predicted octanol–water partition coefficient (Wildman–Crippen LogP) is 1.82. The third kappa shape index (κ3) is 6.94. The summed E-state index contributed by atoms with van der Waals surface area (Å²) >= 11 is 0. The van der Waals surface area contributed by atoms with Gasteiger partial charge in [0.2, 0.25) is 5.82 Å². The molecule has 2 aromatic rings. The number of hydrogen-bond acceptors (Lipinski definition) is 9. The zero-order valence-corrected chi connectivity index (χ0v) is 16.6. The number of benzene rings is 1. The Bertz CT molecular complexity index is 960. The third-order valence-electron chi connectivity index (χ3n) is 3.27. The number of aromatic nitrogens is 2. The third-order valence-corrected chi connectivity index (χ3v) is 4.50. The van der Waals surface area contributed by atoms with E-state index in [1.54, 1.807) is 19.3 Å². The summed E-state index contributed by atoms with van der Waals surface area (Å²) in [4.78, 5) is 3.95. The molecule has 0 aliphatic heterocycles. The zero-order valence-electron chi connectivity index (χ0n) is 15.8. The van der Waals surface area contributed by atoms with Crippen LogP contribution >= 0.6 is 0 Å². The topological polar surface area (TPSA) is 151 Å². The quantitative estimate of drug-likeness (QED) is 0.193. The minimum absolute atomic E-state index is 0.0139. The zero-order chi connectivity index (χ0) is 22.4. The summed E-state index contributed by atoms with van der Waals surface area (Å²) in [5.74, 6) is -0.284. The SMILES string of the molecule is CC(C)NS(=O)(=O)OCCNc1nonc1C(=Nc1ccc(C(F)(F)F)cc1)NO. The highest BCUT2D eigenvalue weighted by Crippen LogP contribution is 2.30. The summed E-state index contributed by atoms with van der Waals surface area (Å²) < 4.78 is 72.6. The number of halogens is 3. The van der Waals surface area contributed by atoms with Crippen LogP contribution in [-0.2, 0) is 20.7 Å². The molecule has 1 aromatic heterocycles. The van der Waals surface area contributed by atoms with Crippen molar-refractivity contribution in [2.75, 3.05) is 18.5 Å². The highest BCUT2D eigenvalue weighted by Gasteiger charge is 2.30. The Hall–Kier alpha value is -2.75. The summed E-state index contributed by atoms with van der Waals surface area (Å²) in [7, 11) is -3.91. The van der Waals surface area contributed by atoms with Gasteiger partial charge < -0.3 is 5.32 Å². The fraction of sp³-hybridized carbons (Fsp3) is 0.400. The van der Waals surface area contributed by atoms with Crippen LogP contribution in [0, 0.1) is 0 Å². The summed E-state index contributed by atoms with van der Waals surface area (Å²) in [5, 5.41) is 19.1. The molecule has 4 N–H and O–H groups in total. The second-order valence-electron chi connectivity index (χ2n) is 6.05. The number of hydroxylamine groups is 1. The second kappa shape index (κ2) is 9.84. The Morgan fingerprint density at radius 2 is 1.93 bits per heavy atom. The smallest absolute Gasteiger partial charge is 0.363 e. The van der Waals surface area contributed by atoms with E-state index in [1.165, 1.54) is 0 Å². The molecular weight excluding hydrogens is 433 g/mol. The molecule has 0 amide bonds. The van der Waals surface area contributed by atoms with Crippen molar-refractivity contribution in [2.45, 2.75) is 26.1 Å². The van der Waals surface area contributed by atoms with Crippen molar-refractivity contribution in [1.82, 2.24) is 20.5 Å². The summed E-state index contributed by atoms with van der Waals surface area (Å²) in [5.41, 5.74) is 0.897. The minimum Gasteiger partial charge on any atom is -0.363 e. The average molecular weight is 452 g/mol. The number of nitrogens with one attached hydrogen (secondary N) is 3. The molecule has 0 atom stereocenters. The lowest BCUT2D eigenvalue weighted by Gasteiger charge is -2.10. The molecule has 0 saturated heterocycles. The van der Waals surface area contributed by atoms with Gasteiger partial charge in [-0.2, -0.15) is 26.3 Å². The average Bonchev–Trinajstić information content (AvgIpc) is 3.10. The molecule has 0 bridgehead atoms. The number of anilines is 1. The van der Waals surface area contributed by atoms with Crippen molar-refractivity contribution in [1.29, 1.82) is 0 Å². The van der Waals surface area contributed by atoms with Crippen molar-refractivity contribution >= 4 is 27.6 Å². The first-order chi connectivity index (χ1) is 14.0. The lowest BCUT2D eigenvalue weighted by molar-refractivity contribution is -0.137. The largest absolute Gasteiger partial charge is 0.416 e. The van der Waals surface area contributed by atoms with Gasteiger partial charge in [0.25, 0.3) is 0 Å². The van der Waals surface area contributed by atoms with Crippen LogP contribution in [0.5, 0.6) is 0 Å². The van der Waals surface area contributed by atoms with Crippen molar-refractivity contribution in [3.05, 3.63) is 35.5 Å². The number of amidine groups is 1. The van der Waals surface area contributed by atoms with E-state index in [4.69, 9.17) is 4.18 Å². The van der Waals surface area contributed by atoms with E-state index < -0.39 is 22.0 Å². The van der Waals surface area contributed by atoms with Crippen LogP contribution in [0.1, 0.15) is 25.1 Å². The van der Waals surface area contributed by atoms with E-state index >= 15 is 0 Å². The molecule has 166 valence electrons. The first-order valence-corrected chi connectivity index (χ1v) is 9.82. The molecule has 11 nitrogen and oxygen atoms in total. The summed E-state index contributed by atoms with van der Waals surface area (Å²) in [6, 6.07) is 3.52. The van der Waals surface area contributed by atoms with Gasteiger partial charge in [0.05, 0.1) is 17.9 Å². The van der Waals surface area contributed by atoms with Gasteiger partial charge in [-0.3, -0.25) is 14.9 Å². The van der Waals surface area contributed by atoms with E-state index in [1.807, 2.05) is 0 Å². The van der Waals surface area contributed by atoms with Crippen LogP contribution in [0.3, 0.4) is 0 Å². The number of nitrogens with zero attached hydrogens (tertiary/aromatic N) is 3. The first kappa shape index (κ1) is 23.5. The molecule has 0 fully saturated rings. The van der Waals surface area contributed by atoms with E-state index in [0.29, 0.717) is 0 Å². The molecule has 0 spiro atoms. The summed E-state index contributed by atoms with van der Waals surface area (Å²) in [6.07, 6.45) is -4.49. The lowest BCUT2D eigenvalue weighted by Crippen LogP contribution is -2.33. The van der Waals surface area contributed by atoms with Crippen LogP contribution in [-0.4, -0.2) is 49.0 Å². The second-order valence-corrected chi connectivity index (χ2v) is 7.43. The predicted molar refractivity (Wildman–Crippen MR) is 98.5 cm³/mol. The Morgan fingerprint density at radius 1 is 1.27 bits per heavy atom. The number of hydrogen-bond donors (Lipinski definition) is 4. The van der Waals surface area contributed by atoms with Crippen LogP contribution < -0.4 is 15.5 Å². The van der Waals surface area contributed by atoms with E-state index in [2.05, 4.69) is 30.0 Å². The maximum absolute atomic E-state index is 12.6. The van der Waals surface area contributed by atoms with Gasteiger partial charge in [-0.15, -0.1) is 0 Å². The summed E-state index contributed by atoms with van der Waals surface area (Å²) in [6.45, 7) is 2.98. The minimum atomic E-state index is -4.49. The highest BCUT2D eigenvalue weighted by molar-refractivity contribution is 7.84. The van der Waals surface area contributed by atoms with Crippen molar-refractivity contribution in [3.8, 4) is 0 Å². The maximum atomic E-state index is 12.6. The van der Waals surface area contributed by atoms with Gasteiger partial charge >= 0.3 is 16.5 Å². The number of aliphatic imine (C=N–C) groups is 1. The molecule has 1 heterocycles. The fourth-order valence-electron chi connectivity index (χ4n) is 2.09. The lowest BCUT2D eigenvalue weighted by atomic mass is 10.2. The van der Waals surface area contributed by atoms with Gasteiger partial charge in [-0.25, -0.2) is 9.62 Å². The van der Waals surface area contributed by atoms with E-state index in [-0.39, 0.29) is 42.2 Å². The van der Waals surface area contributed by atoms with Gasteiger partial charge in [0, 0.05) is 12.6 Å². The Labute approximate surface area is 169 Å². The van der Waals surface area contributed by atoms with E-state index in [9.17, 15) is 26.8 Å². The van der Waals surface area contributed by atoms with Crippen LogP contribution in [0.25, 0.3) is 0 Å². The number of rotatable bonds is 9. The molecule has 0 aliphatic rings. The highest BCUT2D eigenvalue weighted by atomic mass is 32.2. The van der Waals surface area contributed by atoms with Gasteiger partial charge in [0.15, 0.2) is 11.5 Å². The molecule has 30 heavy (non-hydrogen) atoms. The molecule has 0 unspecified atom stereocenters. The monoisotopic (exact) mass is 452 g/mol. The van der Waals surface area contributed by atoms with Crippen molar-refractivity contribution in [2.24, 2.45) is 4.99 Å². The van der Waals surface area contributed by atoms with Crippen molar-refractivity contribution < 1.29 is 35.6 Å². The molecule has 1 aromatic carbocycles. The van der Waals surface area contributed by atoms with Crippen molar-refractivity contribution in [3.63, 3.8) is 0 Å². The maximum Gasteiger partial charge on any atom is 0.416 e. The fourth-order valence-corrected chi connectivity index (χ4v) is 3.04. The normalized spacial score (nSPS) is 13.0. The van der Waals surface area contributed by atoms with Crippen LogP contribution in [0.15, 0.2) is 33.9 Å². The van der Waals surface area contributed by atoms with Crippen LogP contribution in [0.4, 0.5) is 24.7 Å². The Kier molecular flexibility index (Phi) is 7.71. The Balaban J connectivity index is 2.05. The van der Waals surface area contributed by atoms with Gasteiger partial charge in [-0.1, -0.05) is 0 Å². The molecule has 15 heteroatoms. The Morgan fingerprint density at radius 3 is 2.50 bits per heavy atom. The van der Waals surface area contributed by atoms with E-state index in [0.717, 1.165) is 24.3 Å². The standard InChI is InChI=1S/C15H19F3N6O5S/c1-9(2)24-30(26,27)28-8-7-19-13-12(22-29-23-13)14(21-25)20-11-5-3-10(4-6-11)15(16,17)18/h3-6,9,24-25H,7-8H2,1-2H3,(H,19,23)(H,20,21). The first-order valence-electron chi connectivity index (χ1n) is 8.41. The molecule has 2 rings (SSSR count). The van der Waals surface area contributed by atoms with Crippen LogP contribution in [0.2, 0.25) is 0 Å². The molecule has 0 radical (unpaired) electrons. The molecular formula is C15H19F3N6O5S. The van der Waals surface area contributed by atoms with Gasteiger partial charge in [0.1, 0.15) is 0 Å². The van der Waals surface area contributed by atoms with Gasteiger partial charge in [-0.05, 0) is 48.4 Å². The molecule has 0 saturated carbocycles. The molecule has 0 aliphatic carbocycles. The number of alkyl halides is 3.